The molecule has 0 radical (unpaired) electrons. The molecule has 0 aromatic carbocycles. The molecule has 1 atom stereocenters. The van der Waals surface area contributed by atoms with E-state index < -0.39 is 21.5 Å². The van der Waals surface area contributed by atoms with Gasteiger partial charge in [0.05, 0.1) is 12.6 Å². The van der Waals surface area contributed by atoms with Crippen LogP contribution in [0.4, 0.5) is 0 Å². The van der Waals surface area contributed by atoms with Crippen LogP contribution in [0, 0.1) is 17.2 Å². The number of rotatable bonds is 6. The fourth-order valence-electron chi connectivity index (χ4n) is 1.48. The number of thiophene rings is 1. The lowest BCUT2D eigenvalue weighted by molar-refractivity contribution is -0.122. The van der Waals surface area contributed by atoms with Crippen molar-refractivity contribution in [3.8, 4) is 6.07 Å². The lowest BCUT2D eigenvalue weighted by atomic mass is 9.90. The van der Waals surface area contributed by atoms with Gasteiger partial charge in [-0.05, 0) is 24.3 Å². The third-order valence-electron chi connectivity index (χ3n) is 3.31. The largest absolute Gasteiger partial charge is 0.337 e. The van der Waals surface area contributed by atoms with Gasteiger partial charge in [-0.3, -0.25) is 4.79 Å². The van der Waals surface area contributed by atoms with Crippen LogP contribution in [-0.4, -0.2) is 37.8 Å². The van der Waals surface area contributed by atoms with Gasteiger partial charge in [-0.2, -0.15) is 9.57 Å². The summed E-state index contributed by atoms with van der Waals surface area (Å²) in [6, 6.07) is 5.17. The highest BCUT2D eigenvalue weighted by Gasteiger charge is 2.31. The number of carbonyl (C=O) groups excluding carboxylic acids is 1. The number of likely N-dealkylation sites (N-methyl/N-ethyl adjacent to an activating group) is 1. The number of nitrogens with one attached hydrogen (secondary N) is 1. The Morgan fingerprint density at radius 2 is 2.19 bits per heavy atom. The monoisotopic (exact) mass is 329 g/mol. The van der Waals surface area contributed by atoms with Crippen molar-refractivity contribution in [2.75, 3.05) is 13.6 Å². The maximum absolute atomic E-state index is 12.2. The van der Waals surface area contributed by atoms with Crippen LogP contribution in [0.1, 0.15) is 20.8 Å². The van der Waals surface area contributed by atoms with Gasteiger partial charge in [0.15, 0.2) is 0 Å². The number of hydrogen-bond acceptors (Lipinski definition) is 5. The van der Waals surface area contributed by atoms with Gasteiger partial charge >= 0.3 is 0 Å². The standard InChI is InChI=1S/C13H19N3O3S2/c1-10(2)13(3,9-14)15-11(17)8-16(4)21(18,19)12-6-5-7-20-12/h5-7,10H,8H2,1-4H3,(H,15,17). The average Bonchev–Trinajstić information content (AvgIpc) is 2.92. The Labute approximate surface area is 129 Å². The third-order valence-corrected chi connectivity index (χ3v) is 6.49. The van der Waals surface area contributed by atoms with Gasteiger partial charge in [0.25, 0.3) is 10.0 Å². The molecule has 0 saturated carbocycles. The zero-order valence-corrected chi connectivity index (χ0v) is 14.1. The fourth-order valence-corrected chi connectivity index (χ4v) is 3.81. The number of hydrogen-bond donors (Lipinski definition) is 1. The molecule has 116 valence electrons. The summed E-state index contributed by atoms with van der Waals surface area (Å²) in [5, 5.41) is 13.4. The van der Waals surface area contributed by atoms with Crippen LogP contribution in [-0.2, 0) is 14.8 Å². The molecular formula is C13H19N3O3S2. The van der Waals surface area contributed by atoms with Gasteiger partial charge in [-0.1, -0.05) is 19.9 Å². The van der Waals surface area contributed by atoms with E-state index in [2.05, 4.69) is 11.4 Å². The molecule has 0 aliphatic carbocycles. The smallest absolute Gasteiger partial charge is 0.252 e. The zero-order valence-electron chi connectivity index (χ0n) is 12.5. The van der Waals surface area contributed by atoms with E-state index in [9.17, 15) is 13.2 Å². The molecule has 21 heavy (non-hydrogen) atoms. The van der Waals surface area contributed by atoms with Crippen molar-refractivity contribution < 1.29 is 13.2 Å². The van der Waals surface area contributed by atoms with Gasteiger partial charge < -0.3 is 5.32 Å². The van der Waals surface area contributed by atoms with E-state index >= 15 is 0 Å². The lowest BCUT2D eigenvalue weighted by Crippen LogP contribution is -2.51. The van der Waals surface area contributed by atoms with E-state index in [0.29, 0.717) is 0 Å². The molecule has 6 nitrogen and oxygen atoms in total. The van der Waals surface area contributed by atoms with Crippen LogP contribution in [0.25, 0.3) is 0 Å². The first-order chi connectivity index (χ1) is 9.63. The summed E-state index contributed by atoms with van der Waals surface area (Å²) in [5.74, 6) is -0.596. The molecule has 0 aliphatic heterocycles. The summed E-state index contributed by atoms with van der Waals surface area (Å²) >= 11 is 1.09. The van der Waals surface area contributed by atoms with Gasteiger partial charge in [0, 0.05) is 7.05 Å². The van der Waals surface area contributed by atoms with E-state index in [1.54, 1.807) is 18.4 Å². The van der Waals surface area contributed by atoms with Crippen molar-refractivity contribution >= 4 is 27.3 Å². The highest BCUT2D eigenvalue weighted by Crippen LogP contribution is 2.20. The van der Waals surface area contributed by atoms with Crippen molar-refractivity contribution in [2.45, 2.75) is 30.5 Å². The first-order valence-corrected chi connectivity index (χ1v) is 8.67. The summed E-state index contributed by atoms with van der Waals surface area (Å²) in [4.78, 5) is 12.0. The maximum atomic E-state index is 12.2. The Balaban J connectivity index is 2.78. The quantitative estimate of drug-likeness (QED) is 0.854. The van der Waals surface area contributed by atoms with E-state index in [0.717, 1.165) is 15.6 Å². The number of amides is 1. The van der Waals surface area contributed by atoms with Crippen LogP contribution in [0.2, 0.25) is 0 Å². The summed E-state index contributed by atoms with van der Waals surface area (Å²) in [6.45, 7) is 4.92. The molecular weight excluding hydrogens is 310 g/mol. The van der Waals surface area contributed by atoms with Gasteiger partial charge in [-0.15, -0.1) is 11.3 Å². The predicted octanol–water partition coefficient (Wildman–Crippen LogP) is 1.42. The van der Waals surface area contributed by atoms with E-state index in [4.69, 9.17) is 5.26 Å². The molecule has 1 unspecified atom stereocenters. The van der Waals surface area contributed by atoms with Crippen molar-refractivity contribution in [3.63, 3.8) is 0 Å². The van der Waals surface area contributed by atoms with Crippen molar-refractivity contribution in [1.82, 2.24) is 9.62 Å². The Hall–Kier alpha value is -1.43. The Morgan fingerprint density at radius 1 is 1.57 bits per heavy atom. The summed E-state index contributed by atoms with van der Waals surface area (Å²) in [6.07, 6.45) is 0. The molecule has 1 amide bonds. The summed E-state index contributed by atoms with van der Waals surface area (Å²) < 4.78 is 25.5. The van der Waals surface area contributed by atoms with Gasteiger partial charge in [0.2, 0.25) is 5.91 Å². The van der Waals surface area contributed by atoms with E-state index in [1.807, 2.05) is 13.8 Å². The fraction of sp³-hybridized carbons (Fsp3) is 0.538. The van der Waals surface area contributed by atoms with Gasteiger partial charge in [-0.25, -0.2) is 8.42 Å². The average molecular weight is 329 g/mol. The lowest BCUT2D eigenvalue weighted by Gasteiger charge is -2.28. The normalized spacial score (nSPS) is 14.7. The molecule has 0 bridgehead atoms. The minimum atomic E-state index is -3.67. The Morgan fingerprint density at radius 3 is 2.62 bits per heavy atom. The predicted molar refractivity (Wildman–Crippen MR) is 81.1 cm³/mol. The van der Waals surface area contributed by atoms with Crippen molar-refractivity contribution in [1.29, 1.82) is 5.26 Å². The Kier molecular flexibility index (Phi) is 5.50. The molecule has 0 fully saturated rings. The highest BCUT2D eigenvalue weighted by molar-refractivity contribution is 7.91. The third kappa shape index (κ3) is 4.03. The van der Waals surface area contributed by atoms with Crippen LogP contribution in [0.3, 0.4) is 0 Å². The second kappa shape index (κ2) is 6.56. The molecule has 0 spiro atoms. The van der Waals surface area contributed by atoms with Crippen LogP contribution in [0.5, 0.6) is 0 Å². The summed E-state index contributed by atoms with van der Waals surface area (Å²) in [7, 11) is -2.32. The highest BCUT2D eigenvalue weighted by atomic mass is 32.2. The number of nitrogens with zero attached hydrogens (tertiary/aromatic N) is 2. The summed E-state index contributed by atoms with van der Waals surface area (Å²) in [5.41, 5.74) is -1.02. The second-order valence-corrected chi connectivity index (χ2v) is 8.43. The molecule has 1 aromatic rings. The molecule has 0 saturated heterocycles. The minimum absolute atomic E-state index is 0.0920. The van der Waals surface area contributed by atoms with Crippen molar-refractivity contribution in [3.05, 3.63) is 17.5 Å². The Bertz CT molecular complexity index is 632. The van der Waals surface area contributed by atoms with Crippen LogP contribution < -0.4 is 5.32 Å². The molecule has 1 N–H and O–H groups in total. The van der Waals surface area contributed by atoms with Crippen molar-refractivity contribution in [2.24, 2.45) is 5.92 Å². The van der Waals surface area contributed by atoms with Gasteiger partial charge in [0.1, 0.15) is 9.75 Å². The minimum Gasteiger partial charge on any atom is -0.337 e. The zero-order chi connectivity index (χ0) is 16.3. The van der Waals surface area contributed by atoms with E-state index in [1.165, 1.54) is 13.1 Å². The molecule has 8 heteroatoms. The number of sulfonamides is 1. The van der Waals surface area contributed by atoms with Crippen LogP contribution in [0.15, 0.2) is 21.7 Å². The van der Waals surface area contributed by atoms with Crippen LogP contribution >= 0.6 is 11.3 Å². The number of carbonyl (C=O) groups is 1. The second-order valence-electron chi connectivity index (χ2n) is 5.21. The molecule has 1 heterocycles. The first kappa shape index (κ1) is 17.6. The number of nitriles is 1. The molecule has 1 rings (SSSR count). The maximum Gasteiger partial charge on any atom is 0.252 e. The first-order valence-electron chi connectivity index (χ1n) is 6.35. The topological polar surface area (TPSA) is 90.3 Å². The van der Waals surface area contributed by atoms with E-state index in [-0.39, 0.29) is 16.7 Å². The SMILES string of the molecule is CC(C)C(C)(C#N)NC(=O)CN(C)S(=O)(=O)c1cccs1. The molecule has 0 aliphatic rings. The molecule has 1 aromatic heterocycles.